The summed E-state index contributed by atoms with van der Waals surface area (Å²) in [6.07, 6.45) is 0.325. The van der Waals surface area contributed by atoms with Crippen LogP contribution >= 0.6 is 0 Å². The zero-order chi connectivity index (χ0) is 21.0. The van der Waals surface area contributed by atoms with E-state index in [2.05, 4.69) is 5.32 Å². The van der Waals surface area contributed by atoms with Crippen LogP contribution in [-0.4, -0.2) is 49.1 Å². The number of imide groups is 1. The van der Waals surface area contributed by atoms with Crippen molar-refractivity contribution in [3.63, 3.8) is 0 Å². The number of carbonyl (C=O) groups excluding carboxylic acids is 3. The van der Waals surface area contributed by atoms with Crippen molar-refractivity contribution in [2.24, 2.45) is 0 Å². The molecule has 1 fully saturated rings. The molecule has 2 aromatic rings. The Balaban J connectivity index is 1.74. The molecular weight excluding hydrogens is 380 g/mol. The zero-order valence-electron chi connectivity index (χ0n) is 16.3. The van der Waals surface area contributed by atoms with Crippen molar-refractivity contribution >= 4 is 28.9 Å². The number of rotatable bonds is 7. The first-order chi connectivity index (χ1) is 13.9. The lowest BCUT2D eigenvalue weighted by Crippen LogP contribution is -2.37. The van der Waals surface area contributed by atoms with Gasteiger partial charge in [-0.05, 0) is 38.0 Å². The summed E-state index contributed by atoms with van der Waals surface area (Å²) in [5.41, 5.74) is 0.934. The van der Waals surface area contributed by atoms with E-state index in [4.69, 9.17) is 13.9 Å². The lowest BCUT2D eigenvalue weighted by molar-refractivity contribution is -0.143. The molecule has 0 aliphatic carbocycles. The van der Waals surface area contributed by atoms with E-state index in [1.54, 1.807) is 26.0 Å². The monoisotopic (exact) mass is 402 g/mol. The van der Waals surface area contributed by atoms with E-state index in [1.807, 2.05) is 0 Å². The van der Waals surface area contributed by atoms with Gasteiger partial charge < -0.3 is 19.2 Å². The number of fused-ring (bicyclic) bond motifs is 1. The maximum absolute atomic E-state index is 12.3. The Kier molecular flexibility index (Phi) is 6.16. The summed E-state index contributed by atoms with van der Waals surface area (Å²) >= 11 is 0. The highest BCUT2D eigenvalue weighted by Gasteiger charge is 2.26. The minimum absolute atomic E-state index is 0.0956. The van der Waals surface area contributed by atoms with Gasteiger partial charge in [-0.15, -0.1) is 0 Å². The first-order valence-electron chi connectivity index (χ1n) is 9.33. The Morgan fingerprint density at radius 3 is 2.76 bits per heavy atom. The molecule has 1 aliphatic rings. The third-order valence-corrected chi connectivity index (χ3v) is 4.66. The second-order valence-corrected chi connectivity index (χ2v) is 6.52. The highest BCUT2D eigenvalue weighted by Crippen LogP contribution is 2.25. The van der Waals surface area contributed by atoms with Crippen LogP contribution in [0.4, 0.5) is 4.79 Å². The minimum Gasteiger partial charge on any atom is -0.484 e. The Labute approximate surface area is 166 Å². The largest absolute Gasteiger partial charge is 0.484 e. The molecule has 1 aromatic carbocycles. The molecule has 1 saturated heterocycles. The van der Waals surface area contributed by atoms with Crippen molar-refractivity contribution < 1.29 is 28.3 Å². The number of esters is 1. The van der Waals surface area contributed by atoms with Crippen LogP contribution in [0, 0.1) is 6.92 Å². The molecule has 0 unspecified atom stereocenters. The van der Waals surface area contributed by atoms with Crippen molar-refractivity contribution in [1.29, 1.82) is 0 Å². The van der Waals surface area contributed by atoms with Gasteiger partial charge in [-0.25, -0.2) is 9.59 Å². The van der Waals surface area contributed by atoms with Crippen molar-refractivity contribution in [2.75, 3.05) is 26.3 Å². The summed E-state index contributed by atoms with van der Waals surface area (Å²) < 4.78 is 15.7. The van der Waals surface area contributed by atoms with Crippen LogP contribution in [-0.2, 0) is 20.7 Å². The van der Waals surface area contributed by atoms with Gasteiger partial charge >= 0.3 is 17.6 Å². The average Bonchev–Trinajstić information content (AvgIpc) is 3.12. The van der Waals surface area contributed by atoms with E-state index in [1.165, 1.54) is 6.07 Å². The van der Waals surface area contributed by atoms with Crippen molar-refractivity contribution in [1.82, 2.24) is 10.2 Å². The van der Waals surface area contributed by atoms with Crippen LogP contribution in [0.2, 0.25) is 0 Å². The lowest BCUT2D eigenvalue weighted by atomic mass is 10.0. The molecule has 29 heavy (non-hydrogen) atoms. The van der Waals surface area contributed by atoms with E-state index in [9.17, 15) is 19.2 Å². The summed E-state index contributed by atoms with van der Waals surface area (Å²) in [4.78, 5) is 48.5. The molecule has 3 rings (SSSR count). The van der Waals surface area contributed by atoms with Gasteiger partial charge in [0.2, 0.25) is 0 Å². The summed E-state index contributed by atoms with van der Waals surface area (Å²) in [6.45, 7) is 4.22. The number of nitrogens with one attached hydrogen (secondary N) is 1. The quantitative estimate of drug-likeness (QED) is 0.552. The molecule has 9 nitrogen and oxygen atoms in total. The highest BCUT2D eigenvalue weighted by atomic mass is 16.5. The molecule has 2 heterocycles. The number of ether oxygens (including phenoxy) is 2. The molecule has 1 N–H and O–H groups in total. The van der Waals surface area contributed by atoms with E-state index in [0.717, 1.165) is 10.5 Å². The number of urea groups is 1. The van der Waals surface area contributed by atoms with Gasteiger partial charge in [-0.3, -0.25) is 14.5 Å². The molecule has 0 radical (unpaired) electrons. The van der Waals surface area contributed by atoms with Crippen molar-refractivity contribution in [3.8, 4) is 5.75 Å². The molecule has 1 aliphatic heterocycles. The number of hydrogen-bond donors (Lipinski definition) is 1. The van der Waals surface area contributed by atoms with E-state index >= 15 is 0 Å². The van der Waals surface area contributed by atoms with Crippen LogP contribution < -0.4 is 15.7 Å². The van der Waals surface area contributed by atoms with Gasteiger partial charge in [-0.1, -0.05) is 0 Å². The number of nitrogens with zero attached hydrogens (tertiary/aromatic N) is 1. The number of amides is 3. The third kappa shape index (κ3) is 4.56. The first-order valence-corrected chi connectivity index (χ1v) is 9.33. The maximum Gasteiger partial charge on any atom is 0.339 e. The minimum atomic E-state index is -0.527. The van der Waals surface area contributed by atoms with Gasteiger partial charge in [0.1, 0.15) is 11.3 Å². The van der Waals surface area contributed by atoms with E-state index in [0.29, 0.717) is 35.4 Å². The summed E-state index contributed by atoms with van der Waals surface area (Å²) in [6, 6.07) is 4.47. The standard InChI is InChI=1S/C20H22N2O7/c1-3-27-18(24)7-6-15-12(2)14-5-4-13(10-16(14)29-19(15)25)28-11-17(23)22-9-8-21-20(22)26/h4-5,10H,3,6-9,11H2,1-2H3,(H,21,26). The normalized spacial score (nSPS) is 13.4. The van der Waals surface area contributed by atoms with E-state index < -0.39 is 17.6 Å². The molecular formula is C20H22N2O7. The average molecular weight is 402 g/mol. The SMILES string of the molecule is CCOC(=O)CCc1c(C)c2ccc(OCC(=O)N3CCNC3=O)cc2oc1=O. The molecule has 0 saturated carbocycles. The number of hydrogen-bond acceptors (Lipinski definition) is 7. The molecule has 3 amide bonds. The number of carbonyl (C=O) groups is 3. The Morgan fingerprint density at radius 1 is 1.28 bits per heavy atom. The molecule has 9 heteroatoms. The fourth-order valence-electron chi connectivity index (χ4n) is 3.15. The lowest BCUT2D eigenvalue weighted by Gasteiger charge is -2.13. The Morgan fingerprint density at radius 2 is 2.07 bits per heavy atom. The zero-order valence-corrected chi connectivity index (χ0v) is 16.3. The molecule has 0 bridgehead atoms. The third-order valence-electron chi connectivity index (χ3n) is 4.66. The van der Waals surface area contributed by atoms with Crippen LogP contribution in [0.15, 0.2) is 27.4 Å². The fraction of sp³-hybridized carbons (Fsp3) is 0.400. The van der Waals surface area contributed by atoms with Crippen molar-refractivity contribution in [3.05, 3.63) is 39.7 Å². The molecule has 154 valence electrons. The summed E-state index contributed by atoms with van der Waals surface area (Å²) in [5.74, 6) is -0.481. The Bertz CT molecular complexity index is 1010. The van der Waals surface area contributed by atoms with Crippen LogP contribution in [0.1, 0.15) is 24.5 Å². The molecule has 0 spiro atoms. The smallest absolute Gasteiger partial charge is 0.339 e. The number of benzene rings is 1. The predicted octanol–water partition coefficient (Wildman–Crippen LogP) is 1.53. The van der Waals surface area contributed by atoms with Gasteiger partial charge in [0.15, 0.2) is 6.61 Å². The topological polar surface area (TPSA) is 115 Å². The van der Waals surface area contributed by atoms with Gasteiger partial charge in [0.25, 0.3) is 5.91 Å². The first kappa shape index (κ1) is 20.4. The summed E-state index contributed by atoms with van der Waals surface area (Å²) in [5, 5.41) is 3.26. The fourth-order valence-corrected chi connectivity index (χ4v) is 3.15. The molecule has 0 atom stereocenters. The summed E-state index contributed by atoms with van der Waals surface area (Å²) in [7, 11) is 0. The Hall–Kier alpha value is -3.36. The number of aryl methyl sites for hydroxylation is 1. The van der Waals surface area contributed by atoms with E-state index in [-0.39, 0.29) is 32.0 Å². The second-order valence-electron chi connectivity index (χ2n) is 6.52. The predicted molar refractivity (Wildman–Crippen MR) is 103 cm³/mol. The highest BCUT2D eigenvalue weighted by molar-refractivity contribution is 5.96. The van der Waals surface area contributed by atoms with Crippen LogP contribution in [0.3, 0.4) is 0 Å². The molecule has 1 aromatic heterocycles. The van der Waals surface area contributed by atoms with Gasteiger partial charge in [0.05, 0.1) is 6.61 Å². The second kappa shape index (κ2) is 8.76. The van der Waals surface area contributed by atoms with Crippen molar-refractivity contribution in [2.45, 2.75) is 26.7 Å². The van der Waals surface area contributed by atoms with Crippen LogP contribution in [0.5, 0.6) is 5.75 Å². The van der Waals surface area contributed by atoms with Gasteiger partial charge in [0, 0.05) is 36.5 Å². The maximum atomic E-state index is 12.3. The van der Waals surface area contributed by atoms with Crippen LogP contribution in [0.25, 0.3) is 11.0 Å². The van der Waals surface area contributed by atoms with Gasteiger partial charge in [-0.2, -0.15) is 0 Å².